The third-order valence-electron chi connectivity index (χ3n) is 13.1. The monoisotopic (exact) mass is 627 g/mol. The molecule has 4 aliphatic rings. The topological polar surface area (TPSA) is 134 Å². The number of aliphatic hydroxyl groups excluding tert-OH is 1. The normalized spacial score (nSPS) is 39.2. The number of nitrogens with one attached hydrogen (secondary N) is 2. The van der Waals surface area contributed by atoms with Crippen LogP contribution in [0.15, 0.2) is 0 Å². The predicted molar refractivity (Wildman–Crippen MR) is 174 cm³/mol. The van der Waals surface area contributed by atoms with Crippen LogP contribution in [0.2, 0.25) is 0 Å². The van der Waals surface area contributed by atoms with Gasteiger partial charge in [0, 0.05) is 6.04 Å². The SMILES string of the molecule is CC(C)[C@@H](CC[C@H](C)[C@H]1CCC2[C@@H]3[C@H](O)C[C@H]4C[C@@H](NCCCNCCCCN)CC[C@]4(C)[C@H]3CC[C@@]21C)OS(=O)(=O)O. The lowest BCUT2D eigenvalue weighted by Gasteiger charge is -2.62. The Balaban J connectivity index is 1.32. The van der Waals surface area contributed by atoms with Crippen molar-refractivity contribution in [2.45, 2.75) is 136 Å². The number of unbranched alkanes of at least 4 members (excludes halogenated alkanes) is 1. The molecule has 0 radical (unpaired) electrons. The van der Waals surface area contributed by atoms with Crippen LogP contribution in [0.1, 0.15) is 118 Å². The van der Waals surface area contributed by atoms with Crippen LogP contribution in [0, 0.1) is 52.3 Å². The van der Waals surface area contributed by atoms with E-state index in [9.17, 15) is 18.1 Å². The van der Waals surface area contributed by atoms with Gasteiger partial charge >= 0.3 is 10.4 Å². The number of nitrogens with two attached hydrogens (primary N) is 1. The lowest BCUT2D eigenvalue weighted by Crippen LogP contribution is -2.59. The van der Waals surface area contributed by atoms with Crippen molar-refractivity contribution >= 4 is 10.4 Å². The summed E-state index contributed by atoms with van der Waals surface area (Å²) < 4.78 is 37.1. The van der Waals surface area contributed by atoms with Gasteiger partial charge in [-0.1, -0.05) is 34.6 Å². The second-order valence-corrected chi connectivity index (χ2v) is 17.0. The average Bonchev–Trinajstić information content (AvgIpc) is 3.29. The molecule has 9 heteroatoms. The zero-order valence-electron chi connectivity index (χ0n) is 27.9. The van der Waals surface area contributed by atoms with E-state index < -0.39 is 16.5 Å². The molecule has 0 saturated heterocycles. The molecule has 6 N–H and O–H groups in total. The summed E-state index contributed by atoms with van der Waals surface area (Å²) in [6.07, 6.45) is 13.7. The van der Waals surface area contributed by atoms with Crippen molar-refractivity contribution in [2.24, 2.45) is 58.0 Å². The highest BCUT2D eigenvalue weighted by molar-refractivity contribution is 7.80. The van der Waals surface area contributed by atoms with E-state index >= 15 is 0 Å². The Bertz CT molecular complexity index is 981. The van der Waals surface area contributed by atoms with Gasteiger partial charge in [0.1, 0.15) is 0 Å². The maximum Gasteiger partial charge on any atom is 0.397 e. The molecule has 4 rings (SSSR count). The van der Waals surface area contributed by atoms with Gasteiger partial charge in [0.2, 0.25) is 0 Å². The van der Waals surface area contributed by atoms with Gasteiger partial charge in [-0.05, 0) is 162 Å². The van der Waals surface area contributed by atoms with Gasteiger partial charge in [-0.25, -0.2) is 4.18 Å². The first kappa shape index (κ1) is 35.6. The summed E-state index contributed by atoms with van der Waals surface area (Å²) in [6, 6.07) is 0.573. The van der Waals surface area contributed by atoms with Crippen LogP contribution in [0.3, 0.4) is 0 Å². The van der Waals surface area contributed by atoms with Crippen molar-refractivity contribution in [1.82, 2.24) is 10.6 Å². The number of fused-ring (bicyclic) bond motifs is 5. The standard InChI is InChI=1S/C34H65N3O5S/c1-23(2)31(42-43(39,40)41)12-9-24(3)27-10-11-28-32-29(14-16-34(27,28)5)33(4)15-13-26(21-25(33)22-30(32)38)37-20-8-19-36-18-7-6-17-35/h23-32,36-38H,6-22,35H2,1-5H3,(H,39,40,41)/t24-,25+,26-,27+,28?,29-,30+,31+,32-,33-,34+/m0/s1. The van der Waals surface area contributed by atoms with E-state index in [2.05, 4.69) is 31.4 Å². The van der Waals surface area contributed by atoms with Crippen LogP contribution in [0.4, 0.5) is 0 Å². The van der Waals surface area contributed by atoms with Crippen LogP contribution in [0.25, 0.3) is 0 Å². The third kappa shape index (κ3) is 8.36. The van der Waals surface area contributed by atoms with Crippen molar-refractivity contribution in [3.63, 3.8) is 0 Å². The molecule has 43 heavy (non-hydrogen) atoms. The Labute approximate surface area is 263 Å². The van der Waals surface area contributed by atoms with Crippen molar-refractivity contribution in [3.05, 3.63) is 0 Å². The largest absolute Gasteiger partial charge is 0.397 e. The molecular formula is C34H65N3O5S. The molecular weight excluding hydrogens is 562 g/mol. The molecule has 0 aromatic rings. The van der Waals surface area contributed by atoms with Crippen LogP contribution < -0.4 is 16.4 Å². The first-order chi connectivity index (χ1) is 20.3. The van der Waals surface area contributed by atoms with Crippen molar-refractivity contribution in [3.8, 4) is 0 Å². The molecule has 0 amide bonds. The van der Waals surface area contributed by atoms with Gasteiger partial charge in [0.15, 0.2) is 0 Å². The maximum atomic E-state index is 11.8. The summed E-state index contributed by atoms with van der Waals surface area (Å²) in [5.74, 6) is 3.21. The lowest BCUT2D eigenvalue weighted by atomic mass is 9.43. The third-order valence-corrected chi connectivity index (χ3v) is 13.6. The van der Waals surface area contributed by atoms with Gasteiger partial charge in [-0.3, -0.25) is 4.55 Å². The molecule has 4 fully saturated rings. The van der Waals surface area contributed by atoms with E-state index in [1.165, 1.54) is 44.9 Å². The minimum atomic E-state index is -4.45. The highest BCUT2D eigenvalue weighted by atomic mass is 32.3. The van der Waals surface area contributed by atoms with Crippen LogP contribution in [0.5, 0.6) is 0 Å². The fourth-order valence-electron chi connectivity index (χ4n) is 10.7. The summed E-state index contributed by atoms with van der Waals surface area (Å²) in [5.41, 5.74) is 6.13. The first-order valence-corrected chi connectivity index (χ1v) is 19.1. The zero-order chi connectivity index (χ0) is 31.4. The van der Waals surface area contributed by atoms with Crippen molar-refractivity contribution in [2.75, 3.05) is 26.2 Å². The highest BCUT2D eigenvalue weighted by Gasteiger charge is 2.62. The smallest absolute Gasteiger partial charge is 0.393 e. The molecule has 11 atom stereocenters. The van der Waals surface area contributed by atoms with Crippen LogP contribution >= 0.6 is 0 Å². The molecule has 0 heterocycles. The van der Waals surface area contributed by atoms with Crippen molar-refractivity contribution in [1.29, 1.82) is 0 Å². The second kappa shape index (κ2) is 15.1. The van der Waals surface area contributed by atoms with Gasteiger partial charge in [-0.15, -0.1) is 0 Å². The van der Waals surface area contributed by atoms with Gasteiger partial charge in [0.25, 0.3) is 0 Å². The van der Waals surface area contributed by atoms with Crippen LogP contribution in [-0.4, -0.2) is 62.5 Å². The van der Waals surface area contributed by atoms with E-state index in [1.54, 1.807) is 0 Å². The van der Waals surface area contributed by atoms with Gasteiger partial charge < -0.3 is 21.5 Å². The molecule has 0 bridgehead atoms. The molecule has 252 valence electrons. The van der Waals surface area contributed by atoms with Gasteiger partial charge in [0.05, 0.1) is 12.2 Å². The molecule has 8 nitrogen and oxygen atoms in total. The number of hydrogen-bond donors (Lipinski definition) is 5. The second-order valence-electron chi connectivity index (χ2n) is 15.9. The Hall–Kier alpha value is -0.290. The lowest BCUT2D eigenvalue weighted by molar-refractivity contribution is -0.167. The zero-order valence-corrected chi connectivity index (χ0v) is 28.7. The Morgan fingerprint density at radius 1 is 0.907 bits per heavy atom. The molecule has 4 saturated carbocycles. The van der Waals surface area contributed by atoms with Crippen LogP contribution in [-0.2, 0) is 14.6 Å². The number of rotatable bonds is 16. The summed E-state index contributed by atoms with van der Waals surface area (Å²) >= 11 is 0. The fraction of sp³-hybridized carbons (Fsp3) is 1.00. The van der Waals surface area contributed by atoms with Gasteiger partial charge in [-0.2, -0.15) is 8.42 Å². The minimum Gasteiger partial charge on any atom is -0.393 e. The minimum absolute atomic E-state index is 0.0152. The Kier molecular flexibility index (Phi) is 12.5. The Morgan fingerprint density at radius 2 is 1.60 bits per heavy atom. The molecule has 0 spiro atoms. The fourth-order valence-corrected chi connectivity index (χ4v) is 11.3. The van der Waals surface area contributed by atoms with E-state index in [0.29, 0.717) is 53.4 Å². The Morgan fingerprint density at radius 3 is 2.30 bits per heavy atom. The molecule has 4 aliphatic carbocycles. The quantitative estimate of drug-likeness (QED) is 0.111. The van der Waals surface area contributed by atoms with E-state index in [-0.39, 0.29) is 17.4 Å². The van der Waals surface area contributed by atoms with Crippen molar-refractivity contribution < 1.29 is 22.3 Å². The van der Waals surface area contributed by atoms with E-state index in [1.807, 2.05) is 13.8 Å². The summed E-state index contributed by atoms with van der Waals surface area (Å²) in [4.78, 5) is 0. The summed E-state index contributed by atoms with van der Waals surface area (Å²) in [7, 11) is -4.45. The highest BCUT2D eigenvalue weighted by Crippen LogP contribution is 2.68. The summed E-state index contributed by atoms with van der Waals surface area (Å²) in [6.45, 7) is 15.3. The van der Waals surface area contributed by atoms with E-state index in [4.69, 9.17) is 9.92 Å². The molecule has 0 aromatic heterocycles. The molecule has 0 aromatic carbocycles. The summed E-state index contributed by atoms with van der Waals surface area (Å²) in [5, 5.41) is 19.2. The number of aliphatic hydroxyl groups is 1. The average molecular weight is 628 g/mol. The molecule has 0 aliphatic heterocycles. The number of hydrogen-bond acceptors (Lipinski definition) is 7. The first-order valence-electron chi connectivity index (χ1n) is 17.8. The molecule has 1 unspecified atom stereocenters. The van der Waals surface area contributed by atoms with E-state index in [0.717, 1.165) is 58.3 Å². The maximum absolute atomic E-state index is 11.8. The predicted octanol–water partition coefficient (Wildman–Crippen LogP) is 5.55.